The molecule has 0 radical (unpaired) electrons. The highest BCUT2D eigenvalue weighted by Gasteiger charge is 2.25. The number of carboxylic acids is 1. The molecule has 0 bridgehead atoms. The normalized spacial score (nSPS) is 11.1. The van der Waals surface area contributed by atoms with Gasteiger partial charge in [-0.05, 0) is 32.0 Å². The minimum atomic E-state index is -1.05. The molecule has 0 aliphatic heterocycles. The lowest BCUT2D eigenvalue weighted by atomic mass is 10.00. The number of amides is 1. The first-order valence-electron chi connectivity index (χ1n) is 5.20. The highest BCUT2D eigenvalue weighted by Crippen LogP contribution is 2.16. The Hall–Kier alpha value is -1.62. The molecule has 0 atom stereocenters. The van der Waals surface area contributed by atoms with Crippen LogP contribution in [0.4, 0.5) is 4.39 Å². The number of hydrogen-bond acceptors (Lipinski definition) is 2. The lowest BCUT2D eigenvalue weighted by Gasteiger charge is -2.24. The highest BCUT2D eigenvalue weighted by atomic mass is 35.5. The van der Waals surface area contributed by atoms with E-state index < -0.39 is 23.2 Å². The molecule has 1 aromatic rings. The maximum atomic E-state index is 13.4. The van der Waals surface area contributed by atoms with Crippen LogP contribution in [0.5, 0.6) is 0 Å². The van der Waals surface area contributed by atoms with Crippen LogP contribution in [0.25, 0.3) is 0 Å². The van der Waals surface area contributed by atoms with Gasteiger partial charge in [0.2, 0.25) is 0 Å². The molecule has 4 nitrogen and oxygen atoms in total. The number of carbonyl (C=O) groups is 2. The van der Waals surface area contributed by atoms with Gasteiger partial charge >= 0.3 is 5.97 Å². The Labute approximate surface area is 109 Å². The van der Waals surface area contributed by atoms with Crippen LogP contribution in [0.3, 0.4) is 0 Å². The molecule has 0 saturated carbocycles. The molecule has 0 saturated heterocycles. The van der Waals surface area contributed by atoms with Gasteiger partial charge < -0.3 is 10.4 Å². The predicted molar refractivity (Wildman–Crippen MR) is 65.2 cm³/mol. The van der Waals surface area contributed by atoms with Crippen molar-refractivity contribution in [1.82, 2.24) is 5.32 Å². The summed E-state index contributed by atoms with van der Waals surface area (Å²) in [6.07, 6.45) is -0.263. The fourth-order valence-electron chi connectivity index (χ4n) is 1.47. The van der Waals surface area contributed by atoms with Crippen molar-refractivity contribution in [2.24, 2.45) is 0 Å². The van der Waals surface area contributed by atoms with Crippen molar-refractivity contribution >= 4 is 23.5 Å². The van der Waals surface area contributed by atoms with E-state index in [0.29, 0.717) is 0 Å². The number of carbonyl (C=O) groups excluding carboxylic acids is 1. The molecule has 1 aromatic carbocycles. The Balaban J connectivity index is 2.88. The second-order valence-electron chi connectivity index (χ2n) is 4.53. The molecular formula is C12H13ClFNO3. The number of rotatable bonds is 4. The van der Waals surface area contributed by atoms with Crippen LogP contribution >= 0.6 is 11.6 Å². The summed E-state index contributed by atoms with van der Waals surface area (Å²) in [6.45, 7) is 3.09. The van der Waals surface area contributed by atoms with Gasteiger partial charge in [0.05, 0.1) is 12.0 Å². The monoisotopic (exact) mass is 273 g/mol. The van der Waals surface area contributed by atoms with Gasteiger partial charge in [-0.1, -0.05) is 11.6 Å². The largest absolute Gasteiger partial charge is 0.481 e. The maximum absolute atomic E-state index is 13.4. The zero-order valence-electron chi connectivity index (χ0n) is 9.96. The first-order valence-corrected chi connectivity index (χ1v) is 5.58. The van der Waals surface area contributed by atoms with Gasteiger partial charge in [0.25, 0.3) is 5.91 Å². The molecule has 0 spiro atoms. The number of benzene rings is 1. The van der Waals surface area contributed by atoms with E-state index in [1.165, 1.54) is 12.1 Å². The Kier molecular flexibility index (Phi) is 4.29. The average Bonchev–Trinajstić information content (AvgIpc) is 2.18. The van der Waals surface area contributed by atoms with E-state index >= 15 is 0 Å². The number of nitrogens with one attached hydrogen (secondary N) is 1. The van der Waals surface area contributed by atoms with Crippen LogP contribution in [0.1, 0.15) is 30.6 Å². The Morgan fingerprint density at radius 2 is 2.06 bits per heavy atom. The lowest BCUT2D eigenvalue weighted by Crippen LogP contribution is -2.45. The van der Waals surface area contributed by atoms with E-state index in [1.807, 2.05) is 0 Å². The molecule has 1 amide bonds. The second kappa shape index (κ2) is 5.35. The van der Waals surface area contributed by atoms with E-state index in [2.05, 4.69) is 5.32 Å². The van der Waals surface area contributed by atoms with Crippen LogP contribution in [0.15, 0.2) is 18.2 Å². The number of carboxylic acid groups (broad SMARTS) is 1. The number of halogens is 2. The van der Waals surface area contributed by atoms with Crippen molar-refractivity contribution in [3.8, 4) is 0 Å². The minimum absolute atomic E-state index is 0.207. The van der Waals surface area contributed by atoms with Crippen molar-refractivity contribution in [3.05, 3.63) is 34.6 Å². The molecule has 0 aromatic heterocycles. The van der Waals surface area contributed by atoms with E-state index in [0.717, 1.165) is 6.07 Å². The smallest absolute Gasteiger partial charge is 0.305 e. The summed E-state index contributed by atoms with van der Waals surface area (Å²) < 4.78 is 13.4. The van der Waals surface area contributed by atoms with Crippen molar-refractivity contribution < 1.29 is 19.1 Å². The molecular weight excluding hydrogens is 261 g/mol. The van der Waals surface area contributed by atoms with Crippen molar-refractivity contribution in [1.29, 1.82) is 0 Å². The Morgan fingerprint density at radius 1 is 1.44 bits per heavy atom. The van der Waals surface area contributed by atoms with Crippen LogP contribution < -0.4 is 5.32 Å². The van der Waals surface area contributed by atoms with Gasteiger partial charge in [0, 0.05) is 10.6 Å². The zero-order valence-corrected chi connectivity index (χ0v) is 10.7. The molecule has 98 valence electrons. The Morgan fingerprint density at radius 3 is 2.61 bits per heavy atom. The van der Waals surface area contributed by atoms with E-state index in [-0.39, 0.29) is 17.0 Å². The standard InChI is InChI=1S/C12H13ClFNO3/c1-12(2,6-10(16)17)15-11(18)8-5-7(13)3-4-9(8)14/h3-5H,6H2,1-2H3,(H,15,18)(H,16,17). The maximum Gasteiger partial charge on any atom is 0.305 e. The fraction of sp³-hybridized carbons (Fsp3) is 0.333. The highest BCUT2D eigenvalue weighted by molar-refractivity contribution is 6.31. The van der Waals surface area contributed by atoms with Gasteiger partial charge in [-0.2, -0.15) is 0 Å². The summed E-state index contributed by atoms with van der Waals surface area (Å²) in [7, 11) is 0. The van der Waals surface area contributed by atoms with Crippen molar-refractivity contribution in [3.63, 3.8) is 0 Å². The minimum Gasteiger partial charge on any atom is -0.481 e. The fourth-order valence-corrected chi connectivity index (χ4v) is 1.64. The van der Waals surface area contributed by atoms with Gasteiger partial charge in [0.1, 0.15) is 5.82 Å². The molecule has 0 aliphatic rings. The summed E-state index contributed by atoms with van der Waals surface area (Å²) in [4.78, 5) is 22.4. The molecule has 0 aliphatic carbocycles. The summed E-state index contributed by atoms with van der Waals surface area (Å²) in [5.74, 6) is -2.45. The van der Waals surface area contributed by atoms with Crippen molar-refractivity contribution in [2.45, 2.75) is 25.8 Å². The molecule has 0 heterocycles. The first-order chi connectivity index (χ1) is 8.21. The summed E-state index contributed by atoms with van der Waals surface area (Å²) >= 11 is 5.68. The SMILES string of the molecule is CC(C)(CC(=O)O)NC(=O)c1cc(Cl)ccc1F. The summed E-state index contributed by atoms with van der Waals surface area (Å²) in [5.41, 5.74) is -1.18. The van der Waals surface area contributed by atoms with E-state index in [1.54, 1.807) is 13.8 Å². The molecule has 0 unspecified atom stereocenters. The Bertz CT molecular complexity index is 488. The van der Waals surface area contributed by atoms with Crippen LogP contribution in [0, 0.1) is 5.82 Å². The summed E-state index contributed by atoms with van der Waals surface area (Å²) in [6, 6.07) is 3.61. The molecule has 6 heteroatoms. The van der Waals surface area contributed by atoms with Gasteiger partial charge in [-0.15, -0.1) is 0 Å². The third-order valence-corrected chi connectivity index (χ3v) is 2.45. The predicted octanol–water partition coefficient (Wildman–Crippen LogP) is 2.46. The molecule has 2 N–H and O–H groups in total. The van der Waals surface area contributed by atoms with Crippen LogP contribution in [-0.4, -0.2) is 22.5 Å². The number of hydrogen-bond donors (Lipinski definition) is 2. The summed E-state index contributed by atoms with van der Waals surface area (Å²) in [5, 5.41) is 11.4. The van der Waals surface area contributed by atoms with Crippen LogP contribution in [0.2, 0.25) is 5.02 Å². The van der Waals surface area contributed by atoms with Crippen molar-refractivity contribution in [2.75, 3.05) is 0 Å². The number of aliphatic carboxylic acids is 1. The third kappa shape index (κ3) is 4.00. The van der Waals surface area contributed by atoms with E-state index in [4.69, 9.17) is 16.7 Å². The van der Waals surface area contributed by atoms with Gasteiger partial charge in [-0.25, -0.2) is 4.39 Å². The zero-order chi connectivity index (χ0) is 13.9. The molecule has 18 heavy (non-hydrogen) atoms. The first kappa shape index (κ1) is 14.4. The van der Waals surface area contributed by atoms with Gasteiger partial charge in [0.15, 0.2) is 0 Å². The lowest BCUT2D eigenvalue weighted by molar-refractivity contribution is -0.138. The average molecular weight is 274 g/mol. The van der Waals surface area contributed by atoms with E-state index in [9.17, 15) is 14.0 Å². The second-order valence-corrected chi connectivity index (χ2v) is 4.97. The quantitative estimate of drug-likeness (QED) is 0.886. The molecule has 1 rings (SSSR count). The molecule has 0 fully saturated rings. The van der Waals surface area contributed by atoms with Gasteiger partial charge in [-0.3, -0.25) is 9.59 Å². The third-order valence-electron chi connectivity index (χ3n) is 2.22. The topological polar surface area (TPSA) is 66.4 Å². The van der Waals surface area contributed by atoms with Crippen LogP contribution in [-0.2, 0) is 4.79 Å².